The van der Waals surface area contributed by atoms with Crippen LogP contribution in [-0.4, -0.2) is 59.6 Å². The Morgan fingerprint density at radius 2 is 2.22 bits per heavy atom. The standard InChI is InChI=1S/C17H24N4O2/c1-14-3-6-21-13-15(19-16(21)11-14)12-17(22)18-4-2-5-20-7-9-23-10-8-20/h3,6,11,13H,2,4-5,7-10,12H2,1H3,(H,18,22). The molecule has 6 heteroatoms. The van der Waals surface area contributed by atoms with Crippen LogP contribution in [0, 0.1) is 6.92 Å². The number of nitrogens with zero attached hydrogens (tertiary/aromatic N) is 3. The number of amides is 1. The van der Waals surface area contributed by atoms with Gasteiger partial charge in [-0.05, 0) is 37.6 Å². The quantitative estimate of drug-likeness (QED) is 0.809. The average Bonchev–Trinajstić information content (AvgIpc) is 2.94. The van der Waals surface area contributed by atoms with E-state index in [4.69, 9.17) is 4.74 Å². The summed E-state index contributed by atoms with van der Waals surface area (Å²) in [7, 11) is 0. The number of morpholine rings is 1. The summed E-state index contributed by atoms with van der Waals surface area (Å²) < 4.78 is 7.27. The number of fused-ring (bicyclic) bond motifs is 1. The molecule has 3 heterocycles. The molecule has 0 unspecified atom stereocenters. The highest BCUT2D eigenvalue weighted by atomic mass is 16.5. The molecule has 1 aliphatic rings. The lowest BCUT2D eigenvalue weighted by Gasteiger charge is -2.26. The Balaban J connectivity index is 1.41. The predicted molar refractivity (Wildman–Crippen MR) is 88.5 cm³/mol. The van der Waals surface area contributed by atoms with Crippen LogP contribution >= 0.6 is 0 Å². The SMILES string of the molecule is Cc1ccn2cc(CC(=O)NCCCN3CCOCC3)nc2c1. The molecule has 1 aliphatic heterocycles. The number of pyridine rings is 1. The highest BCUT2D eigenvalue weighted by Crippen LogP contribution is 2.08. The van der Waals surface area contributed by atoms with Crippen molar-refractivity contribution in [1.82, 2.24) is 19.6 Å². The molecule has 1 amide bonds. The van der Waals surface area contributed by atoms with Gasteiger partial charge in [-0.2, -0.15) is 0 Å². The molecule has 0 bridgehead atoms. The first-order valence-corrected chi connectivity index (χ1v) is 8.22. The van der Waals surface area contributed by atoms with E-state index >= 15 is 0 Å². The fourth-order valence-electron chi connectivity index (χ4n) is 2.80. The van der Waals surface area contributed by atoms with Crippen LogP contribution in [0.1, 0.15) is 17.7 Å². The van der Waals surface area contributed by atoms with Crippen molar-refractivity contribution in [2.24, 2.45) is 0 Å². The van der Waals surface area contributed by atoms with Crippen LogP contribution in [0.4, 0.5) is 0 Å². The zero-order valence-electron chi connectivity index (χ0n) is 13.6. The number of nitrogens with one attached hydrogen (secondary N) is 1. The maximum Gasteiger partial charge on any atom is 0.226 e. The number of ether oxygens (including phenoxy) is 1. The second-order valence-corrected chi connectivity index (χ2v) is 6.04. The summed E-state index contributed by atoms with van der Waals surface area (Å²) in [4.78, 5) is 18.9. The second kappa shape index (κ2) is 7.57. The van der Waals surface area contributed by atoms with Crippen LogP contribution in [0.15, 0.2) is 24.5 Å². The fraction of sp³-hybridized carbons (Fsp3) is 0.529. The van der Waals surface area contributed by atoms with Gasteiger partial charge in [0.05, 0.1) is 25.3 Å². The first kappa shape index (κ1) is 16.0. The van der Waals surface area contributed by atoms with Crippen LogP contribution in [0.5, 0.6) is 0 Å². The van der Waals surface area contributed by atoms with Gasteiger partial charge in [0.15, 0.2) is 0 Å². The van der Waals surface area contributed by atoms with E-state index in [1.807, 2.05) is 35.9 Å². The monoisotopic (exact) mass is 316 g/mol. The second-order valence-electron chi connectivity index (χ2n) is 6.04. The molecule has 2 aromatic rings. The Morgan fingerprint density at radius 3 is 3.04 bits per heavy atom. The molecule has 2 aromatic heterocycles. The maximum atomic E-state index is 12.0. The van der Waals surface area contributed by atoms with E-state index in [0.29, 0.717) is 13.0 Å². The molecule has 0 aromatic carbocycles. The van der Waals surface area contributed by atoms with Gasteiger partial charge in [0, 0.05) is 32.0 Å². The lowest BCUT2D eigenvalue weighted by Crippen LogP contribution is -2.38. The minimum atomic E-state index is 0.0344. The highest BCUT2D eigenvalue weighted by molar-refractivity contribution is 5.78. The van der Waals surface area contributed by atoms with Crippen LogP contribution in [0.25, 0.3) is 5.65 Å². The molecule has 0 spiro atoms. The number of rotatable bonds is 6. The molecular weight excluding hydrogens is 292 g/mol. The molecule has 0 radical (unpaired) electrons. The average molecular weight is 316 g/mol. The van der Waals surface area contributed by atoms with Crippen molar-refractivity contribution in [3.63, 3.8) is 0 Å². The number of imidazole rings is 1. The first-order valence-electron chi connectivity index (χ1n) is 8.22. The van der Waals surface area contributed by atoms with E-state index in [2.05, 4.69) is 15.2 Å². The lowest BCUT2D eigenvalue weighted by molar-refractivity contribution is -0.120. The van der Waals surface area contributed by atoms with Crippen molar-refractivity contribution in [2.75, 3.05) is 39.4 Å². The summed E-state index contributed by atoms with van der Waals surface area (Å²) in [5.74, 6) is 0.0344. The van der Waals surface area contributed by atoms with Gasteiger partial charge in [-0.3, -0.25) is 9.69 Å². The molecule has 6 nitrogen and oxygen atoms in total. The molecule has 0 aliphatic carbocycles. The molecule has 1 N–H and O–H groups in total. The maximum absolute atomic E-state index is 12.0. The Hall–Kier alpha value is -1.92. The minimum absolute atomic E-state index is 0.0344. The molecule has 1 fully saturated rings. The van der Waals surface area contributed by atoms with E-state index in [1.54, 1.807) is 0 Å². The van der Waals surface area contributed by atoms with Crippen molar-refractivity contribution in [2.45, 2.75) is 19.8 Å². The summed E-state index contributed by atoms with van der Waals surface area (Å²) in [6.45, 7) is 7.39. The summed E-state index contributed by atoms with van der Waals surface area (Å²) in [5.41, 5.74) is 2.86. The van der Waals surface area contributed by atoms with E-state index in [9.17, 15) is 4.79 Å². The summed E-state index contributed by atoms with van der Waals surface area (Å²) in [5, 5.41) is 2.98. The highest BCUT2D eigenvalue weighted by Gasteiger charge is 2.10. The Bertz CT molecular complexity index is 662. The Morgan fingerprint density at radius 1 is 1.39 bits per heavy atom. The molecule has 1 saturated heterocycles. The summed E-state index contributed by atoms with van der Waals surface area (Å²) in [6, 6.07) is 4.05. The summed E-state index contributed by atoms with van der Waals surface area (Å²) in [6.07, 6.45) is 5.19. The number of hydrogen-bond acceptors (Lipinski definition) is 4. The van der Waals surface area contributed by atoms with E-state index in [-0.39, 0.29) is 5.91 Å². The van der Waals surface area contributed by atoms with Gasteiger partial charge >= 0.3 is 0 Å². The van der Waals surface area contributed by atoms with Crippen molar-refractivity contribution in [3.8, 4) is 0 Å². The van der Waals surface area contributed by atoms with Gasteiger partial charge < -0.3 is 14.5 Å². The van der Waals surface area contributed by atoms with Crippen LogP contribution < -0.4 is 5.32 Å². The number of carbonyl (C=O) groups excluding carboxylic acids is 1. The first-order chi connectivity index (χ1) is 11.2. The number of hydrogen-bond donors (Lipinski definition) is 1. The van der Waals surface area contributed by atoms with E-state index in [0.717, 1.165) is 50.6 Å². The zero-order chi connectivity index (χ0) is 16.1. The summed E-state index contributed by atoms with van der Waals surface area (Å²) >= 11 is 0. The molecule has 0 saturated carbocycles. The van der Waals surface area contributed by atoms with Crippen molar-refractivity contribution in [1.29, 1.82) is 0 Å². The molecular formula is C17H24N4O2. The van der Waals surface area contributed by atoms with Crippen LogP contribution in [0.3, 0.4) is 0 Å². The van der Waals surface area contributed by atoms with Gasteiger partial charge in [-0.15, -0.1) is 0 Å². The van der Waals surface area contributed by atoms with E-state index < -0.39 is 0 Å². The third-order valence-electron chi connectivity index (χ3n) is 4.08. The normalized spacial score (nSPS) is 15.9. The number of aromatic nitrogens is 2. The van der Waals surface area contributed by atoms with Gasteiger partial charge in [0.1, 0.15) is 5.65 Å². The molecule has 23 heavy (non-hydrogen) atoms. The van der Waals surface area contributed by atoms with Gasteiger partial charge in [-0.1, -0.05) is 0 Å². The Labute approximate surface area is 136 Å². The number of aryl methyl sites for hydroxylation is 1. The smallest absolute Gasteiger partial charge is 0.226 e. The third-order valence-corrected chi connectivity index (χ3v) is 4.08. The molecule has 3 rings (SSSR count). The van der Waals surface area contributed by atoms with E-state index in [1.165, 1.54) is 5.56 Å². The van der Waals surface area contributed by atoms with Crippen LogP contribution in [0.2, 0.25) is 0 Å². The molecule has 0 atom stereocenters. The third kappa shape index (κ3) is 4.53. The topological polar surface area (TPSA) is 58.9 Å². The Kier molecular flexibility index (Phi) is 5.25. The predicted octanol–water partition coefficient (Wildman–Crippen LogP) is 1.02. The fourth-order valence-corrected chi connectivity index (χ4v) is 2.80. The van der Waals surface area contributed by atoms with Crippen molar-refractivity contribution in [3.05, 3.63) is 35.8 Å². The van der Waals surface area contributed by atoms with Crippen LogP contribution in [-0.2, 0) is 16.0 Å². The van der Waals surface area contributed by atoms with Gasteiger partial charge in [0.2, 0.25) is 5.91 Å². The van der Waals surface area contributed by atoms with Gasteiger partial charge in [-0.25, -0.2) is 4.98 Å². The minimum Gasteiger partial charge on any atom is -0.379 e. The van der Waals surface area contributed by atoms with Crippen molar-refractivity contribution < 1.29 is 9.53 Å². The lowest BCUT2D eigenvalue weighted by atomic mass is 10.3. The zero-order valence-corrected chi connectivity index (χ0v) is 13.6. The van der Waals surface area contributed by atoms with Crippen molar-refractivity contribution >= 4 is 11.6 Å². The largest absolute Gasteiger partial charge is 0.379 e. The van der Waals surface area contributed by atoms with Gasteiger partial charge in [0.25, 0.3) is 0 Å². The molecule has 124 valence electrons. The number of carbonyl (C=O) groups is 1.